The molecule has 1 N–H and O–H groups in total. The van der Waals surface area contributed by atoms with Gasteiger partial charge in [0.1, 0.15) is 18.9 Å². The number of esters is 1. The van der Waals surface area contributed by atoms with E-state index in [1.54, 1.807) is 6.92 Å². The lowest BCUT2D eigenvalue weighted by Gasteiger charge is -2.19. The lowest BCUT2D eigenvalue weighted by Crippen LogP contribution is -2.19. The number of nitrogens with zero attached hydrogens (tertiary/aromatic N) is 2. The molecule has 0 bridgehead atoms. The molecular formula is C15H17N3O6S. The van der Waals surface area contributed by atoms with Gasteiger partial charge in [-0.3, -0.25) is 9.40 Å². The highest BCUT2D eigenvalue weighted by Crippen LogP contribution is 2.33. The standard InChI is InChI=1S/C15H17N3O6S/c1-9-13(14(15(19)22-3)18(2)16-9)17-25(20,21)10-4-5-11-12(8-10)24-7-6-23-11/h4-5,8,17H,6-7H2,1-3H3. The molecule has 134 valence electrons. The molecule has 10 heteroatoms. The summed E-state index contributed by atoms with van der Waals surface area (Å²) in [6.45, 7) is 2.35. The van der Waals surface area contributed by atoms with Crippen molar-refractivity contribution >= 4 is 21.7 Å². The van der Waals surface area contributed by atoms with Crippen LogP contribution in [-0.2, 0) is 21.8 Å². The number of aryl methyl sites for hydroxylation is 2. The maximum absolute atomic E-state index is 12.7. The zero-order valence-electron chi connectivity index (χ0n) is 13.9. The van der Waals surface area contributed by atoms with E-state index in [-0.39, 0.29) is 16.3 Å². The Labute approximate surface area is 144 Å². The molecule has 3 rings (SSSR count). The Balaban J connectivity index is 1.99. The van der Waals surface area contributed by atoms with E-state index in [1.807, 2.05) is 0 Å². The molecule has 0 spiro atoms. The van der Waals surface area contributed by atoms with E-state index in [1.165, 1.54) is 37.0 Å². The first-order chi connectivity index (χ1) is 11.8. The molecule has 1 aromatic carbocycles. The van der Waals surface area contributed by atoms with Crippen molar-refractivity contribution < 1.29 is 27.4 Å². The third-order valence-electron chi connectivity index (χ3n) is 3.66. The number of rotatable bonds is 4. The molecule has 2 aromatic rings. The van der Waals surface area contributed by atoms with Crippen molar-refractivity contribution in [3.63, 3.8) is 0 Å². The van der Waals surface area contributed by atoms with Crippen molar-refractivity contribution in [2.75, 3.05) is 25.0 Å². The molecule has 1 aromatic heterocycles. The van der Waals surface area contributed by atoms with Crippen LogP contribution in [0.2, 0.25) is 0 Å². The van der Waals surface area contributed by atoms with Gasteiger partial charge in [0, 0.05) is 13.1 Å². The Morgan fingerprint density at radius 3 is 2.64 bits per heavy atom. The molecule has 0 radical (unpaired) electrons. The van der Waals surface area contributed by atoms with Crippen molar-refractivity contribution in [3.8, 4) is 11.5 Å². The average molecular weight is 367 g/mol. The second-order valence-electron chi connectivity index (χ2n) is 5.34. The summed E-state index contributed by atoms with van der Waals surface area (Å²) in [5.41, 5.74) is 0.439. The number of aromatic nitrogens is 2. The topological polar surface area (TPSA) is 109 Å². The number of sulfonamides is 1. The summed E-state index contributed by atoms with van der Waals surface area (Å²) >= 11 is 0. The van der Waals surface area contributed by atoms with E-state index >= 15 is 0 Å². The van der Waals surface area contributed by atoms with Gasteiger partial charge in [-0.2, -0.15) is 5.10 Å². The minimum Gasteiger partial charge on any atom is -0.486 e. The average Bonchev–Trinajstić information content (AvgIpc) is 2.86. The fraction of sp³-hybridized carbons (Fsp3) is 0.333. The van der Waals surface area contributed by atoms with Gasteiger partial charge in [-0.15, -0.1) is 0 Å². The maximum atomic E-state index is 12.7. The van der Waals surface area contributed by atoms with Crippen molar-refractivity contribution in [1.29, 1.82) is 0 Å². The summed E-state index contributed by atoms with van der Waals surface area (Å²) in [5, 5.41) is 4.07. The van der Waals surface area contributed by atoms with Crippen LogP contribution in [0.15, 0.2) is 23.1 Å². The number of hydrogen-bond donors (Lipinski definition) is 1. The monoisotopic (exact) mass is 367 g/mol. The summed E-state index contributed by atoms with van der Waals surface area (Å²) < 4.78 is 44.6. The lowest BCUT2D eigenvalue weighted by molar-refractivity contribution is 0.0589. The van der Waals surface area contributed by atoms with Gasteiger partial charge < -0.3 is 14.2 Å². The second kappa shape index (κ2) is 6.28. The normalized spacial score (nSPS) is 13.4. The van der Waals surface area contributed by atoms with Crippen LogP contribution in [0.25, 0.3) is 0 Å². The fourth-order valence-corrected chi connectivity index (χ4v) is 3.64. The molecule has 0 saturated carbocycles. The minimum absolute atomic E-state index is 0.0149. The number of anilines is 1. The molecule has 0 amide bonds. The predicted molar refractivity (Wildman–Crippen MR) is 87.5 cm³/mol. The molecule has 2 heterocycles. The zero-order valence-corrected chi connectivity index (χ0v) is 14.7. The Kier molecular flexibility index (Phi) is 4.29. The van der Waals surface area contributed by atoms with Crippen molar-refractivity contribution in [2.45, 2.75) is 11.8 Å². The quantitative estimate of drug-likeness (QED) is 0.806. The fourth-order valence-electron chi connectivity index (χ4n) is 2.50. The molecule has 1 aliphatic rings. The molecule has 0 saturated heterocycles. The van der Waals surface area contributed by atoms with Gasteiger partial charge in [0.2, 0.25) is 0 Å². The highest BCUT2D eigenvalue weighted by molar-refractivity contribution is 7.92. The summed E-state index contributed by atoms with van der Waals surface area (Å²) in [4.78, 5) is 11.9. The molecule has 0 aliphatic carbocycles. The molecule has 0 unspecified atom stereocenters. The first-order valence-corrected chi connectivity index (χ1v) is 8.86. The first-order valence-electron chi connectivity index (χ1n) is 7.38. The highest BCUT2D eigenvalue weighted by atomic mass is 32.2. The van der Waals surface area contributed by atoms with E-state index in [2.05, 4.69) is 9.82 Å². The Hall–Kier alpha value is -2.75. The van der Waals surface area contributed by atoms with Gasteiger partial charge in [-0.05, 0) is 19.1 Å². The molecule has 1 aliphatic heterocycles. The third kappa shape index (κ3) is 3.12. The summed E-state index contributed by atoms with van der Waals surface area (Å²) in [6.07, 6.45) is 0. The van der Waals surface area contributed by atoms with Crippen LogP contribution in [0.3, 0.4) is 0 Å². The van der Waals surface area contributed by atoms with Crippen LogP contribution in [0.1, 0.15) is 16.2 Å². The number of hydrogen-bond acceptors (Lipinski definition) is 7. The third-order valence-corrected chi connectivity index (χ3v) is 5.01. The van der Waals surface area contributed by atoms with Crippen LogP contribution < -0.4 is 14.2 Å². The summed E-state index contributed by atoms with van der Waals surface area (Å²) in [7, 11) is -1.23. The largest absolute Gasteiger partial charge is 0.486 e. The number of fused-ring (bicyclic) bond motifs is 1. The van der Waals surface area contributed by atoms with Crippen LogP contribution in [0, 0.1) is 6.92 Å². The Morgan fingerprint density at radius 2 is 1.96 bits per heavy atom. The SMILES string of the molecule is COC(=O)c1c(NS(=O)(=O)c2ccc3c(c2)OCCO3)c(C)nn1C. The second-order valence-corrected chi connectivity index (χ2v) is 7.02. The highest BCUT2D eigenvalue weighted by Gasteiger charge is 2.26. The molecule has 25 heavy (non-hydrogen) atoms. The molecular weight excluding hydrogens is 350 g/mol. The smallest absolute Gasteiger partial charge is 0.358 e. The van der Waals surface area contributed by atoms with Crippen molar-refractivity contribution in [3.05, 3.63) is 29.6 Å². The summed E-state index contributed by atoms with van der Waals surface area (Å²) in [5.74, 6) is 0.145. The lowest BCUT2D eigenvalue weighted by atomic mass is 10.3. The van der Waals surface area contributed by atoms with E-state index in [0.717, 1.165) is 0 Å². The molecule has 0 atom stereocenters. The van der Waals surface area contributed by atoms with E-state index in [0.29, 0.717) is 30.4 Å². The van der Waals surface area contributed by atoms with Gasteiger partial charge in [-0.25, -0.2) is 13.2 Å². The van der Waals surface area contributed by atoms with Crippen LogP contribution in [0.5, 0.6) is 11.5 Å². The van der Waals surface area contributed by atoms with Gasteiger partial charge in [0.25, 0.3) is 10.0 Å². The number of benzene rings is 1. The number of nitrogens with one attached hydrogen (secondary N) is 1. The number of carbonyl (C=O) groups excluding carboxylic acids is 1. The van der Waals surface area contributed by atoms with Gasteiger partial charge >= 0.3 is 5.97 Å². The van der Waals surface area contributed by atoms with Crippen molar-refractivity contribution in [2.24, 2.45) is 7.05 Å². The van der Waals surface area contributed by atoms with Gasteiger partial charge in [-0.1, -0.05) is 0 Å². The number of ether oxygens (including phenoxy) is 3. The Morgan fingerprint density at radius 1 is 1.28 bits per heavy atom. The van der Waals surface area contributed by atoms with Crippen LogP contribution in [0.4, 0.5) is 5.69 Å². The van der Waals surface area contributed by atoms with Crippen molar-refractivity contribution in [1.82, 2.24) is 9.78 Å². The number of methoxy groups -OCH3 is 1. The zero-order chi connectivity index (χ0) is 18.2. The van der Waals surface area contributed by atoms with Crippen LogP contribution >= 0.6 is 0 Å². The number of carbonyl (C=O) groups is 1. The predicted octanol–water partition coefficient (Wildman–Crippen LogP) is 1.09. The van der Waals surface area contributed by atoms with E-state index in [9.17, 15) is 13.2 Å². The van der Waals surface area contributed by atoms with Crippen LogP contribution in [-0.4, -0.2) is 44.5 Å². The van der Waals surface area contributed by atoms with E-state index in [4.69, 9.17) is 14.2 Å². The minimum atomic E-state index is -3.97. The molecule has 0 fully saturated rings. The Bertz CT molecular complexity index is 935. The molecule has 9 nitrogen and oxygen atoms in total. The van der Waals surface area contributed by atoms with Gasteiger partial charge in [0.15, 0.2) is 17.2 Å². The van der Waals surface area contributed by atoms with Gasteiger partial charge in [0.05, 0.1) is 17.7 Å². The van der Waals surface area contributed by atoms with E-state index < -0.39 is 16.0 Å². The first kappa shape index (κ1) is 17.1. The summed E-state index contributed by atoms with van der Waals surface area (Å²) in [6, 6.07) is 4.31. The maximum Gasteiger partial charge on any atom is 0.358 e.